The quantitative estimate of drug-likeness (QED) is 0.455. The lowest BCUT2D eigenvalue weighted by Gasteiger charge is -2.20. The lowest BCUT2D eigenvalue weighted by Crippen LogP contribution is -2.13. The lowest BCUT2D eigenvalue weighted by atomic mass is 9.94. The smallest absolute Gasteiger partial charge is 0.233 e. The van der Waals surface area contributed by atoms with Crippen LogP contribution >= 0.6 is 11.6 Å². The summed E-state index contributed by atoms with van der Waals surface area (Å²) >= 11 is 6.01. The molecule has 1 aliphatic carbocycles. The van der Waals surface area contributed by atoms with E-state index in [9.17, 15) is 8.42 Å². The van der Waals surface area contributed by atoms with E-state index in [0.29, 0.717) is 23.6 Å². The summed E-state index contributed by atoms with van der Waals surface area (Å²) in [5, 5.41) is 5.21. The van der Waals surface area contributed by atoms with Crippen LogP contribution in [0.15, 0.2) is 76.7 Å². The monoisotopic (exact) mass is 451 g/mol. The van der Waals surface area contributed by atoms with Gasteiger partial charge in [-0.3, -0.25) is 0 Å². The van der Waals surface area contributed by atoms with E-state index >= 15 is 0 Å². The molecule has 0 bridgehead atoms. The van der Waals surface area contributed by atoms with Crippen LogP contribution in [-0.4, -0.2) is 30.3 Å². The molecule has 0 saturated heterocycles. The molecule has 2 heterocycles. The van der Waals surface area contributed by atoms with Crippen LogP contribution in [-0.2, 0) is 22.7 Å². The predicted octanol–water partition coefficient (Wildman–Crippen LogP) is 4.53. The van der Waals surface area contributed by atoms with Crippen molar-refractivity contribution in [3.05, 3.63) is 83.1 Å². The average molecular weight is 452 g/mol. The number of hydrogen-bond donors (Lipinski definition) is 0. The highest BCUT2D eigenvalue weighted by atomic mass is 35.5. The number of rotatable bonds is 4. The Morgan fingerprint density at radius 2 is 1.77 bits per heavy atom. The molecule has 156 valence electrons. The number of sulfone groups is 1. The molecular weight excluding hydrogens is 434 g/mol. The molecule has 0 fully saturated rings. The molecule has 0 aliphatic heterocycles. The lowest BCUT2D eigenvalue weighted by molar-refractivity contribution is 0.385. The summed E-state index contributed by atoms with van der Waals surface area (Å²) in [5.41, 5.74) is 4.36. The number of hydrogen-bond acceptors (Lipinski definition) is 5. The van der Waals surface area contributed by atoms with Crippen LogP contribution in [0, 0.1) is 0 Å². The molecule has 4 aromatic rings. The number of aryl methyl sites for hydroxylation is 1. The van der Waals surface area contributed by atoms with Crippen molar-refractivity contribution in [1.29, 1.82) is 0 Å². The van der Waals surface area contributed by atoms with Crippen molar-refractivity contribution in [1.82, 2.24) is 14.8 Å². The Kier molecular flexibility index (Phi) is 4.79. The molecule has 0 N–H and O–H groups in total. The van der Waals surface area contributed by atoms with Crippen molar-refractivity contribution < 1.29 is 13.2 Å². The number of halogens is 1. The molecule has 2 aromatic heterocycles. The maximum Gasteiger partial charge on any atom is 0.233 e. The Hall–Kier alpha value is -3.16. The van der Waals surface area contributed by atoms with E-state index in [2.05, 4.69) is 10.1 Å². The Balaban J connectivity index is 1.63. The third kappa shape index (κ3) is 3.30. The SMILES string of the molecule is COc1nc2c(cc1S(=O)(=O)c1ccccc1)CCc1c-2cnn1-c1ccc(Cl)cc1. The van der Waals surface area contributed by atoms with Gasteiger partial charge in [-0.1, -0.05) is 29.8 Å². The number of pyridine rings is 1. The van der Waals surface area contributed by atoms with Crippen molar-refractivity contribution in [3.8, 4) is 22.8 Å². The highest BCUT2D eigenvalue weighted by Gasteiger charge is 2.29. The minimum atomic E-state index is -3.76. The first-order chi connectivity index (χ1) is 15.0. The van der Waals surface area contributed by atoms with Gasteiger partial charge in [-0.25, -0.2) is 18.1 Å². The first-order valence-electron chi connectivity index (χ1n) is 9.70. The number of aromatic nitrogens is 3. The second-order valence-corrected chi connectivity index (χ2v) is 9.57. The van der Waals surface area contributed by atoms with Gasteiger partial charge in [0.05, 0.1) is 35.3 Å². The summed E-state index contributed by atoms with van der Waals surface area (Å²) in [4.78, 5) is 4.90. The summed E-state index contributed by atoms with van der Waals surface area (Å²) < 4.78 is 33.7. The van der Waals surface area contributed by atoms with Crippen LogP contribution in [0.1, 0.15) is 11.3 Å². The van der Waals surface area contributed by atoms with Gasteiger partial charge in [0.1, 0.15) is 4.90 Å². The zero-order chi connectivity index (χ0) is 21.6. The maximum atomic E-state index is 13.2. The van der Waals surface area contributed by atoms with Crippen LogP contribution in [0.2, 0.25) is 5.02 Å². The van der Waals surface area contributed by atoms with Gasteiger partial charge in [0, 0.05) is 10.6 Å². The van der Waals surface area contributed by atoms with Gasteiger partial charge in [-0.05, 0) is 60.9 Å². The van der Waals surface area contributed by atoms with Crippen LogP contribution in [0.3, 0.4) is 0 Å². The standard InChI is InChI=1S/C23H18ClN3O3S/c1-30-23-21(31(28,29)18-5-3-2-4-6-18)13-15-7-12-20-19(22(15)26-23)14-25-27(20)17-10-8-16(24)9-11-17/h2-6,8-11,13-14H,7,12H2,1H3. The number of benzene rings is 2. The summed E-state index contributed by atoms with van der Waals surface area (Å²) in [5.74, 6) is 0.0784. The van der Waals surface area contributed by atoms with E-state index < -0.39 is 9.84 Å². The van der Waals surface area contributed by atoms with Gasteiger partial charge >= 0.3 is 0 Å². The predicted molar refractivity (Wildman–Crippen MR) is 118 cm³/mol. The van der Waals surface area contributed by atoms with Crippen molar-refractivity contribution in [2.24, 2.45) is 0 Å². The molecule has 0 spiro atoms. The van der Waals surface area contributed by atoms with Gasteiger partial charge in [-0.2, -0.15) is 5.10 Å². The van der Waals surface area contributed by atoms with Crippen LogP contribution < -0.4 is 4.74 Å². The van der Waals surface area contributed by atoms with Gasteiger partial charge in [-0.15, -0.1) is 0 Å². The van der Waals surface area contributed by atoms with Crippen molar-refractivity contribution in [3.63, 3.8) is 0 Å². The van der Waals surface area contributed by atoms with Crippen LogP contribution in [0.5, 0.6) is 5.88 Å². The Morgan fingerprint density at radius 3 is 2.48 bits per heavy atom. The highest BCUT2D eigenvalue weighted by molar-refractivity contribution is 7.91. The van der Waals surface area contributed by atoms with E-state index in [0.717, 1.165) is 22.5 Å². The van der Waals surface area contributed by atoms with Crippen LogP contribution in [0.25, 0.3) is 16.9 Å². The minimum Gasteiger partial charge on any atom is -0.480 e. The van der Waals surface area contributed by atoms with Gasteiger partial charge in [0.15, 0.2) is 0 Å². The van der Waals surface area contributed by atoms with Gasteiger partial charge < -0.3 is 4.74 Å². The topological polar surface area (TPSA) is 74.1 Å². The van der Waals surface area contributed by atoms with E-state index in [4.69, 9.17) is 16.3 Å². The fourth-order valence-electron chi connectivity index (χ4n) is 3.88. The van der Waals surface area contributed by atoms with E-state index in [1.165, 1.54) is 7.11 Å². The van der Waals surface area contributed by atoms with E-state index in [1.807, 2.05) is 28.9 Å². The molecular formula is C23H18ClN3O3S. The zero-order valence-corrected chi connectivity index (χ0v) is 18.2. The average Bonchev–Trinajstić information content (AvgIpc) is 3.24. The largest absolute Gasteiger partial charge is 0.480 e. The Bertz CT molecular complexity index is 1380. The normalized spacial score (nSPS) is 12.8. The minimum absolute atomic E-state index is 0.0773. The van der Waals surface area contributed by atoms with E-state index in [-0.39, 0.29) is 15.7 Å². The number of ether oxygens (including phenoxy) is 1. The van der Waals surface area contributed by atoms with E-state index in [1.54, 1.807) is 42.6 Å². The van der Waals surface area contributed by atoms with Crippen molar-refractivity contribution in [2.75, 3.05) is 7.11 Å². The van der Waals surface area contributed by atoms with Gasteiger partial charge in [0.2, 0.25) is 15.7 Å². The summed E-state index contributed by atoms with van der Waals surface area (Å²) in [6.07, 6.45) is 3.12. The Morgan fingerprint density at radius 1 is 1.03 bits per heavy atom. The first-order valence-corrected chi connectivity index (χ1v) is 11.6. The summed E-state index contributed by atoms with van der Waals surface area (Å²) in [6.45, 7) is 0. The third-order valence-corrected chi connectivity index (χ3v) is 7.41. The molecule has 6 nitrogen and oxygen atoms in total. The molecule has 5 rings (SSSR count). The second-order valence-electron chi connectivity index (χ2n) is 7.21. The fourth-order valence-corrected chi connectivity index (χ4v) is 5.43. The molecule has 8 heteroatoms. The van der Waals surface area contributed by atoms with Crippen molar-refractivity contribution in [2.45, 2.75) is 22.6 Å². The first kappa shape index (κ1) is 19.8. The maximum absolute atomic E-state index is 13.2. The molecule has 0 radical (unpaired) electrons. The molecule has 0 unspecified atom stereocenters. The fraction of sp³-hybridized carbons (Fsp3) is 0.130. The second kappa shape index (κ2) is 7.51. The Labute approximate surface area is 185 Å². The third-order valence-electron chi connectivity index (χ3n) is 5.40. The molecule has 0 atom stereocenters. The molecule has 1 aliphatic rings. The number of methoxy groups -OCH3 is 1. The van der Waals surface area contributed by atoms with Crippen LogP contribution in [0.4, 0.5) is 0 Å². The zero-order valence-electron chi connectivity index (χ0n) is 16.6. The molecule has 31 heavy (non-hydrogen) atoms. The van der Waals surface area contributed by atoms with Gasteiger partial charge in [0.25, 0.3) is 0 Å². The number of fused-ring (bicyclic) bond motifs is 3. The summed E-state index contributed by atoms with van der Waals surface area (Å²) in [7, 11) is -2.33. The number of nitrogens with zero attached hydrogens (tertiary/aromatic N) is 3. The summed E-state index contributed by atoms with van der Waals surface area (Å²) in [6, 6.07) is 17.5. The van der Waals surface area contributed by atoms with Crippen molar-refractivity contribution >= 4 is 21.4 Å². The molecule has 2 aromatic carbocycles. The highest BCUT2D eigenvalue weighted by Crippen LogP contribution is 2.38. The molecule has 0 saturated carbocycles. The molecule has 0 amide bonds.